The zero-order valence-electron chi connectivity index (χ0n) is 20.0. The fourth-order valence-electron chi connectivity index (χ4n) is 3.87. The molecule has 2 unspecified atom stereocenters. The van der Waals surface area contributed by atoms with E-state index < -0.39 is 52.8 Å². The summed E-state index contributed by atoms with van der Waals surface area (Å²) in [6.07, 6.45) is -9.53. The molecule has 4 rings (SSSR count). The van der Waals surface area contributed by atoms with E-state index in [9.17, 15) is 35.9 Å². The molecule has 1 fully saturated rings. The van der Waals surface area contributed by atoms with Crippen LogP contribution in [0.5, 0.6) is 0 Å². The van der Waals surface area contributed by atoms with E-state index in [4.69, 9.17) is 4.42 Å². The molecule has 0 radical (unpaired) electrons. The summed E-state index contributed by atoms with van der Waals surface area (Å²) in [4.78, 5) is 34.9. The number of hydrogen-bond donors (Lipinski definition) is 2. The predicted molar refractivity (Wildman–Crippen MR) is 121 cm³/mol. The van der Waals surface area contributed by atoms with Crippen LogP contribution in [0.2, 0.25) is 0 Å². The molecule has 210 valence electrons. The summed E-state index contributed by atoms with van der Waals surface area (Å²) < 4.78 is 98.2. The topological polar surface area (TPSA) is 120 Å². The summed E-state index contributed by atoms with van der Waals surface area (Å²) in [7, 11) is 0. The molecule has 3 aromatic rings. The second-order valence-corrected chi connectivity index (χ2v) is 8.57. The van der Waals surface area contributed by atoms with E-state index in [1.807, 2.05) is 0 Å². The van der Waals surface area contributed by atoms with Gasteiger partial charge in [0.25, 0.3) is 11.5 Å². The molecule has 1 aliphatic rings. The zero-order valence-corrected chi connectivity index (χ0v) is 20.0. The molecule has 0 spiro atoms. The Labute approximate surface area is 214 Å². The van der Waals surface area contributed by atoms with Crippen molar-refractivity contribution in [1.82, 2.24) is 25.1 Å². The van der Waals surface area contributed by atoms with Crippen molar-refractivity contribution >= 4 is 17.5 Å². The Morgan fingerprint density at radius 1 is 1.03 bits per heavy atom. The van der Waals surface area contributed by atoms with Crippen LogP contribution in [0.25, 0.3) is 0 Å². The number of H-pyrrole nitrogens is 1. The number of piperazine rings is 1. The first-order chi connectivity index (χ1) is 18.3. The molecule has 1 saturated heterocycles. The number of furan rings is 1. The van der Waals surface area contributed by atoms with Crippen molar-refractivity contribution in [2.75, 3.05) is 36.4 Å². The average Bonchev–Trinajstić information content (AvgIpc) is 3.37. The number of alkyl halides is 7. The van der Waals surface area contributed by atoms with Crippen molar-refractivity contribution in [2.24, 2.45) is 0 Å². The van der Waals surface area contributed by atoms with Crippen LogP contribution in [0.15, 0.2) is 39.9 Å². The van der Waals surface area contributed by atoms with Crippen molar-refractivity contribution in [2.45, 2.75) is 31.5 Å². The Hall–Kier alpha value is -4.18. The first-order valence-corrected chi connectivity index (χ1v) is 11.3. The average molecular weight is 563 g/mol. The largest absolute Gasteiger partial charge is 0.453 e. The van der Waals surface area contributed by atoms with Crippen molar-refractivity contribution in [3.63, 3.8) is 0 Å². The molecule has 0 bridgehead atoms. The van der Waals surface area contributed by atoms with Crippen molar-refractivity contribution in [3.05, 3.63) is 63.7 Å². The number of nitrogens with zero attached hydrogens (tertiary/aromatic N) is 5. The molecule has 0 aromatic carbocycles. The summed E-state index contributed by atoms with van der Waals surface area (Å²) in [5.74, 6) is -1.06. The molecule has 17 heteroatoms. The minimum absolute atomic E-state index is 0.0708. The van der Waals surface area contributed by atoms with Gasteiger partial charge in [-0.1, -0.05) is 0 Å². The Morgan fingerprint density at radius 3 is 2.26 bits per heavy atom. The van der Waals surface area contributed by atoms with Gasteiger partial charge in [0.2, 0.25) is 5.95 Å². The highest BCUT2D eigenvalue weighted by molar-refractivity contribution is 5.91. The van der Waals surface area contributed by atoms with Gasteiger partial charge < -0.3 is 19.5 Å². The Bertz CT molecular complexity index is 1360. The van der Waals surface area contributed by atoms with Crippen LogP contribution in [0.1, 0.15) is 40.5 Å². The lowest BCUT2D eigenvalue weighted by Crippen LogP contribution is -2.49. The van der Waals surface area contributed by atoms with Gasteiger partial charge in [-0.25, -0.2) is 19.5 Å². The van der Waals surface area contributed by atoms with Crippen molar-refractivity contribution < 1.29 is 39.9 Å². The molecule has 0 aliphatic carbocycles. The third-order valence-electron chi connectivity index (χ3n) is 5.89. The lowest BCUT2D eigenvalue weighted by molar-refractivity contribution is -0.139. The summed E-state index contributed by atoms with van der Waals surface area (Å²) in [5, 5.41) is 7.26. The monoisotopic (exact) mass is 563 g/mol. The van der Waals surface area contributed by atoms with Crippen LogP contribution in [0.4, 0.5) is 42.4 Å². The Morgan fingerprint density at radius 2 is 1.67 bits per heavy atom. The van der Waals surface area contributed by atoms with Crippen LogP contribution in [0, 0.1) is 0 Å². The van der Waals surface area contributed by atoms with Gasteiger partial charge in [-0.15, -0.1) is 0 Å². The molecule has 39 heavy (non-hydrogen) atoms. The molecular formula is C22H20F7N7O3. The number of amides is 1. The van der Waals surface area contributed by atoms with Crippen LogP contribution < -0.4 is 15.8 Å². The van der Waals surface area contributed by atoms with E-state index >= 15 is 4.39 Å². The fourth-order valence-corrected chi connectivity index (χ4v) is 3.87. The van der Waals surface area contributed by atoms with Crippen molar-refractivity contribution in [3.8, 4) is 0 Å². The number of aromatic nitrogens is 4. The fraction of sp³-hybridized carbons (Fsp3) is 0.409. The highest BCUT2D eigenvalue weighted by Crippen LogP contribution is 2.34. The molecule has 2 N–H and O–H groups in total. The van der Waals surface area contributed by atoms with Gasteiger partial charge in [-0.3, -0.25) is 9.59 Å². The standard InChI is InChI=1S/C22H20F7N7O3/c1-11(33-13-10-32-34-18(37)16(13)22(27,28)29)17(23)14-2-3-15(39-14)19(38)35-4-6-36(7-5-35)20-30-8-12(9-31-20)21(24,25)26/h2-3,8-11,17H,4-7H2,1H3,(H2,33,34,37). The first kappa shape index (κ1) is 27.8. The molecule has 0 saturated carbocycles. The number of hydrogen-bond acceptors (Lipinski definition) is 8. The van der Waals surface area contributed by atoms with E-state index in [1.165, 1.54) is 24.0 Å². The SMILES string of the molecule is CC(Nc1cn[nH]c(=O)c1C(F)(F)F)C(F)c1ccc(C(=O)N2CCN(c3ncc(C(F)(F)F)cn3)CC2)o1. The maximum atomic E-state index is 15.0. The van der Waals surface area contributed by atoms with Gasteiger partial charge in [0.05, 0.1) is 23.5 Å². The van der Waals surface area contributed by atoms with Crippen LogP contribution in [-0.4, -0.2) is 63.2 Å². The van der Waals surface area contributed by atoms with Crippen LogP contribution >= 0.6 is 0 Å². The number of aromatic amines is 1. The number of carbonyl (C=O) groups excluding carboxylic acids is 1. The highest BCUT2D eigenvalue weighted by Gasteiger charge is 2.38. The lowest BCUT2D eigenvalue weighted by atomic mass is 10.1. The van der Waals surface area contributed by atoms with Gasteiger partial charge in [0.15, 0.2) is 11.9 Å². The predicted octanol–water partition coefficient (Wildman–Crippen LogP) is 3.66. The summed E-state index contributed by atoms with van der Waals surface area (Å²) in [6, 6.07) is 1.08. The van der Waals surface area contributed by atoms with Crippen LogP contribution in [-0.2, 0) is 12.4 Å². The lowest BCUT2D eigenvalue weighted by Gasteiger charge is -2.34. The number of halogens is 7. The molecule has 1 aliphatic heterocycles. The summed E-state index contributed by atoms with van der Waals surface area (Å²) >= 11 is 0. The van der Waals surface area contributed by atoms with Gasteiger partial charge in [0.1, 0.15) is 11.3 Å². The Balaban J connectivity index is 1.37. The quantitative estimate of drug-likeness (QED) is 0.436. The normalized spacial score (nSPS) is 16.2. The molecule has 3 aromatic heterocycles. The van der Waals surface area contributed by atoms with E-state index in [0.717, 1.165) is 0 Å². The van der Waals surface area contributed by atoms with Gasteiger partial charge in [-0.05, 0) is 19.1 Å². The van der Waals surface area contributed by atoms with E-state index in [1.54, 1.807) is 10.00 Å². The van der Waals surface area contributed by atoms with E-state index in [-0.39, 0.29) is 43.6 Å². The van der Waals surface area contributed by atoms with Crippen LogP contribution in [0.3, 0.4) is 0 Å². The summed E-state index contributed by atoms with van der Waals surface area (Å²) in [5.41, 5.74) is -4.77. The third kappa shape index (κ3) is 6.12. The molecular weight excluding hydrogens is 543 g/mol. The first-order valence-electron chi connectivity index (χ1n) is 11.3. The number of anilines is 2. The minimum atomic E-state index is -5.02. The third-order valence-corrected chi connectivity index (χ3v) is 5.89. The second-order valence-electron chi connectivity index (χ2n) is 8.57. The van der Waals surface area contributed by atoms with Crippen molar-refractivity contribution in [1.29, 1.82) is 0 Å². The second kappa shape index (κ2) is 10.5. The van der Waals surface area contributed by atoms with Gasteiger partial charge in [0, 0.05) is 38.6 Å². The zero-order chi connectivity index (χ0) is 28.5. The number of rotatable bonds is 6. The van der Waals surface area contributed by atoms with Gasteiger partial charge >= 0.3 is 12.4 Å². The number of carbonyl (C=O) groups is 1. The maximum Gasteiger partial charge on any atom is 0.423 e. The summed E-state index contributed by atoms with van der Waals surface area (Å²) in [6.45, 7) is 1.93. The number of nitrogens with one attached hydrogen (secondary N) is 2. The smallest absolute Gasteiger partial charge is 0.423 e. The Kier molecular flexibility index (Phi) is 7.52. The molecule has 2 atom stereocenters. The minimum Gasteiger partial charge on any atom is -0.453 e. The highest BCUT2D eigenvalue weighted by atomic mass is 19.4. The van der Waals surface area contributed by atoms with E-state index in [0.29, 0.717) is 18.6 Å². The van der Waals surface area contributed by atoms with E-state index in [2.05, 4.69) is 20.4 Å². The molecule has 10 nitrogen and oxygen atoms in total. The maximum absolute atomic E-state index is 15.0. The molecule has 1 amide bonds. The van der Waals surface area contributed by atoms with Gasteiger partial charge in [-0.2, -0.15) is 31.4 Å². The molecule has 4 heterocycles.